The molecule has 70 heavy (non-hydrogen) atoms. The lowest BCUT2D eigenvalue weighted by molar-refractivity contribution is -0.870. The molecule has 1 unspecified atom stereocenters. The van der Waals surface area contributed by atoms with Crippen LogP contribution in [-0.2, 0) is 51.7 Å². The largest absolute Gasteiger partial charge is 0.756 e. The predicted octanol–water partition coefficient (Wildman–Crippen LogP) is 12.9. The van der Waals surface area contributed by atoms with Gasteiger partial charge < -0.3 is 43.1 Å². The molecule has 414 valence electrons. The van der Waals surface area contributed by atoms with Gasteiger partial charge in [-0.1, -0.05) is 206 Å². The molecule has 0 aliphatic heterocycles. The van der Waals surface area contributed by atoms with Crippen LogP contribution in [0.5, 0.6) is 0 Å². The van der Waals surface area contributed by atoms with Crippen molar-refractivity contribution in [2.45, 2.75) is 270 Å². The van der Waals surface area contributed by atoms with E-state index in [1.165, 1.54) is 128 Å². The summed E-state index contributed by atoms with van der Waals surface area (Å²) in [6, 6.07) is 0. The number of esters is 4. The Labute approximate surface area is 427 Å². The minimum absolute atomic E-state index is 0.0315. The first-order valence-electron chi connectivity index (χ1n) is 28.5. The molecule has 0 fully saturated rings. The van der Waals surface area contributed by atoms with Crippen molar-refractivity contribution in [1.29, 1.82) is 0 Å². The van der Waals surface area contributed by atoms with Crippen LogP contribution in [0.1, 0.15) is 258 Å². The maximum atomic E-state index is 12.7. The molecular weight excluding hydrogens is 912 g/mol. The third kappa shape index (κ3) is 49.5. The van der Waals surface area contributed by atoms with Gasteiger partial charge in [-0.15, -0.1) is 0 Å². The normalized spacial score (nSPS) is 13.4. The fourth-order valence-corrected chi connectivity index (χ4v) is 8.81. The number of unbranched alkanes of at least 4 members (excludes halogenated alkanes) is 31. The SMILES string of the molecule is CCCCCCCCCCC(=O)OC[C@H](COP(=O)([O-])OCC[N+](C)(C)C)OC(=O)CCCCCCCCCCCCCCCCCCCCC(=O)O[C@@H](CN)COC(=O)CCCCCCCCCC. The minimum Gasteiger partial charge on any atom is -0.756 e. The van der Waals surface area contributed by atoms with E-state index in [1.54, 1.807) is 0 Å². The summed E-state index contributed by atoms with van der Waals surface area (Å²) >= 11 is 0. The van der Waals surface area contributed by atoms with Crippen molar-refractivity contribution in [3.8, 4) is 0 Å². The van der Waals surface area contributed by atoms with Gasteiger partial charge in [-0.2, -0.15) is 0 Å². The van der Waals surface area contributed by atoms with Gasteiger partial charge in [0.1, 0.15) is 32.5 Å². The highest BCUT2D eigenvalue weighted by atomic mass is 31.2. The van der Waals surface area contributed by atoms with Crippen LogP contribution in [0.25, 0.3) is 0 Å². The van der Waals surface area contributed by atoms with Crippen LogP contribution in [0.4, 0.5) is 0 Å². The molecule has 0 saturated heterocycles. The monoisotopic (exact) mass is 1020 g/mol. The van der Waals surface area contributed by atoms with Gasteiger partial charge in [0.25, 0.3) is 7.82 Å². The van der Waals surface area contributed by atoms with Gasteiger partial charge in [0.15, 0.2) is 6.10 Å². The van der Waals surface area contributed by atoms with Gasteiger partial charge in [0.2, 0.25) is 0 Å². The molecule has 0 aliphatic carbocycles. The van der Waals surface area contributed by atoms with Crippen molar-refractivity contribution in [2.75, 3.05) is 60.7 Å². The molecule has 0 aliphatic rings. The molecule has 0 bridgehead atoms. The van der Waals surface area contributed by atoms with Crippen molar-refractivity contribution in [3.05, 3.63) is 0 Å². The number of nitrogens with two attached hydrogens (primary N) is 1. The summed E-state index contributed by atoms with van der Waals surface area (Å²) in [6.07, 6.45) is 38.3. The quantitative estimate of drug-likeness (QED) is 0.0199. The van der Waals surface area contributed by atoms with E-state index in [-0.39, 0.29) is 51.1 Å². The number of hydrogen-bond donors (Lipinski definition) is 1. The Morgan fingerprint density at radius 3 is 1.03 bits per heavy atom. The first-order valence-corrected chi connectivity index (χ1v) is 30.0. The number of nitrogens with zero attached hydrogens (tertiary/aromatic N) is 1. The molecule has 0 aromatic heterocycles. The van der Waals surface area contributed by atoms with E-state index < -0.39 is 38.6 Å². The summed E-state index contributed by atoms with van der Waals surface area (Å²) in [6.45, 7) is 4.25. The van der Waals surface area contributed by atoms with Crippen LogP contribution in [0.3, 0.4) is 0 Å². The molecule has 0 radical (unpaired) electrons. The maximum absolute atomic E-state index is 12.7. The van der Waals surface area contributed by atoms with Crippen LogP contribution >= 0.6 is 7.82 Å². The molecule has 0 amide bonds. The fourth-order valence-electron chi connectivity index (χ4n) is 8.08. The zero-order valence-electron chi connectivity index (χ0n) is 45.6. The zero-order chi connectivity index (χ0) is 51.8. The second-order valence-corrected chi connectivity index (χ2v) is 22.1. The van der Waals surface area contributed by atoms with E-state index in [0.29, 0.717) is 30.3 Å². The highest BCUT2D eigenvalue weighted by Gasteiger charge is 2.22. The summed E-state index contributed by atoms with van der Waals surface area (Å²) < 4.78 is 44.7. The molecule has 15 heteroatoms. The van der Waals surface area contributed by atoms with E-state index in [2.05, 4.69) is 13.8 Å². The second-order valence-electron chi connectivity index (χ2n) is 20.7. The number of carbonyl (C=O) groups is 4. The van der Waals surface area contributed by atoms with E-state index in [1.807, 2.05) is 21.1 Å². The Morgan fingerprint density at radius 1 is 0.429 bits per heavy atom. The van der Waals surface area contributed by atoms with Crippen molar-refractivity contribution < 1.29 is 61.1 Å². The van der Waals surface area contributed by atoms with Crippen LogP contribution in [0.15, 0.2) is 0 Å². The van der Waals surface area contributed by atoms with E-state index in [4.69, 9.17) is 33.7 Å². The lowest BCUT2D eigenvalue weighted by Crippen LogP contribution is -2.37. The lowest BCUT2D eigenvalue weighted by Gasteiger charge is -2.28. The second kappa shape index (κ2) is 47.9. The summed E-state index contributed by atoms with van der Waals surface area (Å²) in [7, 11) is 1.12. The van der Waals surface area contributed by atoms with E-state index in [0.717, 1.165) is 83.5 Å². The van der Waals surface area contributed by atoms with Crippen molar-refractivity contribution in [2.24, 2.45) is 5.73 Å². The van der Waals surface area contributed by atoms with Crippen molar-refractivity contribution >= 4 is 31.7 Å². The number of carbonyl (C=O) groups excluding carboxylic acids is 4. The van der Waals surface area contributed by atoms with Gasteiger partial charge in [-0.25, -0.2) is 0 Å². The van der Waals surface area contributed by atoms with Crippen LogP contribution in [0, 0.1) is 0 Å². The molecule has 3 atom stereocenters. The van der Waals surface area contributed by atoms with Gasteiger partial charge in [0.05, 0.1) is 27.7 Å². The number of phosphoric ester groups is 1. The molecule has 0 rings (SSSR count). The highest BCUT2D eigenvalue weighted by molar-refractivity contribution is 7.45. The molecular formula is C55H107N2O12P. The molecule has 0 heterocycles. The minimum atomic E-state index is -4.64. The summed E-state index contributed by atoms with van der Waals surface area (Å²) in [4.78, 5) is 61.9. The Bertz CT molecular complexity index is 1300. The molecule has 0 aromatic rings. The van der Waals surface area contributed by atoms with E-state index >= 15 is 0 Å². The highest BCUT2D eigenvalue weighted by Crippen LogP contribution is 2.38. The van der Waals surface area contributed by atoms with Crippen LogP contribution < -0.4 is 10.6 Å². The summed E-state index contributed by atoms with van der Waals surface area (Å²) in [5, 5.41) is 0. The first-order chi connectivity index (χ1) is 33.7. The summed E-state index contributed by atoms with van der Waals surface area (Å²) in [5.41, 5.74) is 5.77. The smallest absolute Gasteiger partial charge is 0.306 e. The zero-order valence-corrected chi connectivity index (χ0v) is 46.5. The first kappa shape index (κ1) is 67.9. The number of hydrogen-bond acceptors (Lipinski definition) is 13. The number of likely N-dealkylation sites (N-methyl/N-ethyl adjacent to an activating group) is 1. The lowest BCUT2D eigenvalue weighted by atomic mass is 10.0. The Balaban J connectivity index is 3.99. The number of ether oxygens (including phenoxy) is 4. The maximum Gasteiger partial charge on any atom is 0.306 e. The number of quaternary nitrogens is 1. The predicted molar refractivity (Wildman–Crippen MR) is 280 cm³/mol. The molecule has 0 aromatic carbocycles. The third-order valence-corrected chi connectivity index (χ3v) is 13.6. The Kier molecular flexibility index (Phi) is 46.5. The van der Waals surface area contributed by atoms with Gasteiger partial charge in [-0.05, 0) is 25.7 Å². The molecule has 2 N–H and O–H groups in total. The standard InChI is InChI=1S/C55H107N2O12P/c1-6-8-10-12-14-28-32-36-40-52(58)64-47-50(46-56)68-54(60)42-38-34-30-26-24-22-20-18-16-17-19-21-23-25-27-31-35-39-43-55(61)69-51(49-67-70(62,63)66-45-44-57(3,4)5)48-65-53(59)41-37-33-29-15-13-11-9-7-2/h50-51H,6-49,56H2,1-5H3/t50-,51+/m0/s1. The van der Waals surface area contributed by atoms with Crippen molar-refractivity contribution in [1.82, 2.24) is 0 Å². The average Bonchev–Trinajstić information content (AvgIpc) is 3.31. The fraction of sp³-hybridized carbons (Fsp3) is 0.927. The average molecular weight is 1020 g/mol. The van der Waals surface area contributed by atoms with Gasteiger partial charge in [0, 0.05) is 32.2 Å². The topological polar surface area (TPSA) is 190 Å². The number of phosphoric acid groups is 1. The summed E-state index contributed by atoms with van der Waals surface area (Å²) in [5.74, 6) is -1.38. The van der Waals surface area contributed by atoms with Gasteiger partial charge in [-0.3, -0.25) is 23.7 Å². The van der Waals surface area contributed by atoms with Gasteiger partial charge >= 0.3 is 23.9 Å². The van der Waals surface area contributed by atoms with Crippen LogP contribution in [-0.4, -0.2) is 101 Å². The third-order valence-electron chi connectivity index (χ3n) is 12.6. The molecule has 0 saturated carbocycles. The molecule has 0 spiro atoms. The van der Waals surface area contributed by atoms with E-state index in [9.17, 15) is 28.6 Å². The Morgan fingerprint density at radius 2 is 0.714 bits per heavy atom. The number of rotatable bonds is 53. The van der Waals surface area contributed by atoms with Crippen molar-refractivity contribution in [3.63, 3.8) is 0 Å². The molecule has 14 nitrogen and oxygen atoms in total. The Hall–Kier alpha value is -2.09. The van der Waals surface area contributed by atoms with Crippen LogP contribution in [0.2, 0.25) is 0 Å².